The Morgan fingerprint density at radius 2 is 2.21 bits per heavy atom. The van der Waals surface area contributed by atoms with Gasteiger partial charge >= 0.3 is 5.97 Å². The Bertz CT molecular complexity index is 215. The average molecular weight is 198 g/mol. The zero-order valence-electron chi connectivity index (χ0n) is 8.66. The van der Waals surface area contributed by atoms with E-state index in [9.17, 15) is 9.90 Å². The molecule has 0 unspecified atom stereocenters. The molecule has 0 atom stereocenters. The van der Waals surface area contributed by atoms with Crippen molar-refractivity contribution in [3.05, 3.63) is 12.7 Å². The zero-order chi connectivity index (χ0) is 10.6. The number of aliphatic hydroxyl groups is 1. The first-order valence-corrected chi connectivity index (χ1v) is 5.05. The van der Waals surface area contributed by atoms with Gasteiger partial charge in [0.05, 0.1) is 11.5 Å². The van der Waals surface area contributed by atoms with E-state index >= 15 is 0 Å². The topological polar surface area (TPSA) is 46.5 Å². The lowest BCUT2D eigenvalue weighted by molar-refractivity contribution is -0.156. The third kappa shape index (κ3) is 2.58. The Morgan fingerprint density at radius 3 is 2.71 bits per heavy atom. The second-order valence-electron chi connectivity index (χ2n) is 4.18. The van der Waals surface area contributed by atoms with E-state index < -0.39 is 5.41 Å². The van der Waals surface area contributed by atoms with E-state index in [0.29, 0.717) is 25.7 Å². The molecular weight excluding hydrogens is 180 g/mol. The fraction of sp³-hybridized carbons (Fsp3) is 0.727. The number of carbonyl (C=O) groups excluding carboxylic acids is 1. The molecule has 0 aliphatic heterocycles. The Balaban J connectivity index is 2.48. The van der Waals surface area contributed by atoms with Gasteiger partial charge in [-0.2, -0.15) is 0 Å². The Labute approximate surface area is 84.8 Å². The van der Waals surface area contributed by atoms with E-state index in [0.717, 1.165) is 0 Å². The first kappa shape index (κ1) is 11.2. The quantitative estimate of drug-likeness (QED) is 0.554. The molecule has 0 amide bonds. The van der Waals surface area contributed by atoms with Crippen LogP contribution >= 0.6 is 0 Å². The van der Waals surface area contributed by atoms with Crippen molar-refractivity contribution in [2.75, 3.05) is 6.61 Å². The molecular formula is C11H18O3. The van der Waals surface area contributed by atoms with Crippen LogP contribution in [0.1, 0.15) is 32.6 Å². The molecule has 0 aromatic rings. The molecule has 1 aliphatic carbocycles. The summed E-state index contributed by atoms with van der Waals surface area (Å²) in [6.45, 7) is 5.68. The molecule has 3 heteroatoms. The van der Waals surface area contributed by atoms with Crippen LogP contribution in [0.25, 0.3) is 0 Å². The fourth-order valence-electron chi connectivity index (χ4n) is 1.75. The van der Waals surface area contributed by atoms with Gasteiger partial charge in [0.25, 0.3) is 0 Å². The van der Waals surface area contributed by atoms with Gasteiger partial charge in [0, 0.05) is 0 Å². The van der Waals surface area contributed by atoms with Gasteiger partial charge in [-0.05, 0) is 32.6 Å². The average Bonchev–Trinajstić information content (AvgIpc) is 2.19. The number of rotatable bonds is 3. The van der Waals surface area contributed by atoms with Crippen LogP contribution in [0.4, 0.5) is 0 Å². The molecule has 0 spiro atoms. The van der Waals surface area contributed by atoms with E-state index in [4.69, 9.17) is 4.74 Å². The summed E-state index contributed by atoms with van der Waals surface area (Å²) in [5.74, 6) is -0.163. The smallest absolute Gasteiger partial charge is 0.312 e. The van der Waals surface area contributed by atoms with Crippen LogP contribution in [0.15, 0.2) is 12.7 Å². The maximum atomic E-state index is 11.6. The van der Waals surface area contributed by atoms with Crippen molar-refractivity contribution in [3.63, 3.8) is 0 Å². The molecule has 1 aliphatic rings. The van der Waals surface area contributed by atoms with Crippen LogP contribution in [-0.2, 0) is 9.53 Å². The SMILES string of the molecule is C=CCOC(=O)[C@]1(C)CC[C@@H](O)CC1. The van der Waals surface area contributed by atoms with Gasteiger partial charge in [-0.1, -0.05) is 12.7 Å². The minimum atomic E-state index is -0.401. The van der Waals surface area contributed by atoms with Gasteiger partial charge in [0.15, 0.2) is 0 Å². The molecule has 3 nitrogen and oxygen atoms in total. The normalized spacial score (nSPS) is 32.3. The Kier molecular flexibility index (Phi) is 3.69. The van der Waals surface area contributed by atoms with Crippen molar-refractivity contribution < 1.29 is 14.6 Å². The molecule has 0 saturated heterocycles. The molecule has 0 aromatic heterocycles. The van der Waals surface area contributed by atoms with Gasteiger partial charge in [0.2, 0.25) is 0 Å². The molecule has 0 heterocycles. The molecule has 14 heavy (non-hydrogen) atoms. The molecule has 0 bridgehead atoms. The monoisotopic (exact) mass is 198 g/mol. The lowest BCUT2D eigenvalue weighted by Gasteiger charge is -2.33. The molecule has 80 valence electrons. The summed E-state index contributed by atoms with van der Waals surface area (Å²) in [5.41, 5.74) is -0.401. The number of carbonyl (C=O) groups is 1. The van der Waals surface area contributed by atoms with Crippen LogP contribution in [0.2, 0.25) is 0 Å². The molecule has 1 rings (SSSR count). The van der Waals surface area contributed by atoms with Gasteiger partial charge in [-0.3, -0.25) is 4.79 Å². The minimum Gasteiger partial charge on any atom is -0.461 e. The van der Waals surface area contributed by atoms with Gasteiger partial charge in [-0.15, -0.1) is 0 Å². The molecule has 0 radical (unpaired) electrons. The number of hydrogen-bond acceptors (Lipinski definition) is 3. The Hall–Kier alpha value is -0.830. The molecule has 0 aromatic carbocycles. The second kappa shape index (κ2) is 4.60. The number of aliphatic hydroxyl groups excluding tert-OH is 1. The molecule has 1 fully saturated rings. The van der Waals surface area contributed by atoms with Crippen LogP contribution < -0.4 is 0 Å². The third-order valence-electron chi connectivity index (χ3n) is 2.88. The van der Waals surface area contributed by atoms with E-state index in [1.165, 1.54) is 0 Å². The van der Waals surface area contributed by atoms with Crippen LogP contribution in [0, 0.1) is 5.41 Å². The first-order valence-electron chi connectivity index (χ1n) is 5.05. The van der Waals surface area contributed by atoms with Crippen molar-refractivity contribution in [2.24, 2.45) is 5.41 Å². The second-order valence-corrected chi connectivity index (χ2v) is 4.18. The van der Waals surface area contributed by atoms with E-state index in [2.05, 4.69) is 6.58 Å². The highest BCUT2D eigenvalue weighted by Gasteiger charge is 2.38. The number of ether oxygens (including phenoxy) is 1. The summed E-state index contributed by atoms with van der Waals surface area (Å²) in [4.78, 5) is 11.6. The van der Waals surface area contributed by atoms with Crippen molar-refractivity contribution in [2.45, 2.75) is 38.7 Å². The third-order valence-corrected chi connectivity index (χ3v) is 2.88. The van der Waals surface area contributed by atoms with Crippen molar-refractivity contribution in [3.8, 4) is 0 Å². The zero-order valence-corrected chi connectivity index (χ0v) is 8.66. The van der Waals surface area contributed by atoms with Gasteiger partial charge in [0.1, 0.15) is 6.61 Å². The van der Waals surface area contributed by atoms with E-state index in [1.807, 2.05) is 6.92 Å². The first-order chi connectivity index (χ1) is 6.58. The van der Waals surface area contributed by atoms with Crippen LogP contribution in [-0.4, -0.2) is 23.8 Å². The summed E-state index contributed by atoms with van der Waals surface area (Å²) < 4.78 is 5.03. The number of esters is 1. The highest BCUT2D eigenvalue weighted by molar-refractivity contribution is 5.76. The predicted molar refractivity (Wildman–Crippen MR) is 53.7 cm³/mol. The highest BCUT2D eigenvalue weighted by Crippen LogP contribution is 2.36. The van der Waals surface area contributed by atoms with Crippen molar-refractivity contribution in [1.82, 2.24) is 0 Å². The largest absolute Gasteiger partial charge is 0.461 e. The van der Waals surface area contributed by atoms with Crippen LogP contribution in [0.3, 0.4) is 0 Å². The standard InChI is InChI=1S/C11H18O3/c1-3-8-14-10(13)11(2)6-4-9(12)5-7-11/h3,9,12H,1,4-8H2,2H3/t9-,11-. The maximum Gasteiger partial charge on any atom is 0.312 e. The van der Waals surface area contributed by atoms with Crippen molar-refractivity contribution in [1.29, 1.82) is 0 Å². The summed E-state index contributed by atoms with van der Waals surface area (Å²) >= 11 is 0. The molecule has 1 saturated carbocycles. The maximum absolute atomic E-state index is 11.6. The summed E-state index contributed by atoms with van der Waals surface area (Å²) in [7, 11) is 0. The lowest BCUT2D eigenvalue weighted by Crippen LogP contribution is -2.35. The lowest BCUT2D eigenvalue weighted by atomic mass is 9.75. The fourth-order valence-corrected chi connectivity index (χ4v) is 1.75. The van der Waals surface area contributed by atoms with E-state index in [1.54, 1.807) is 6.08 Å². The number of hydrogen-bond donors (Lipinski definition) is 1. The summed E-state index contributed by atoms with van der Waals surface area (Å²) in [6, 6.07) is 0. The molecule has 1 N–H and O–H groups in total. The Morgan fingerprint density at radius 1 is 1.64 bits per heavy atom. The van der Waals surface area contributed by atoms with E-state index in [-0.39, 0.29) is 18.7 Å². The summed E-state index contributed by atoms with van der Waals surface area (Å²) in [5, 5.41) is 9.33. The van der Waals surface area contributed by atoms with Crippen molar-refractivity contribution >= 4 is 5.97 Å². The summed E-state index contributed by atoms with van der Waals surface area (Å²) in [6.07, 6.45) is 4.14. The predicted octanol–water partition coefficient (Wildman–Crippen LogP) is 1.66. The van der Waals surface area contributed by atoms with Crippen LogP contribution in [0.5, 0.6) is 0 Å². The van der Waals surface area contributed by atoms with Gasteiger partial charge in [-0.25, -0.2) is 0 Å². The minimum absolute atomic E-state index is 0.163. The highest BCUT2D eigenvalue weighted by atomic mass is 16.5. The van der Waals surface area contributed by atoms with Gasteiger partial charge < -0.3 is 9.84 Å².